The average Bonchev–Trinajstić information content (AvgIpc) is 3.06. The second-order valence-corrected chi connectivity index (χ2v) is 7.40. The minimum atomic E-state index is -2.83. The maximum atomic E-state index is 13.4. The number of halogens is 2. The van der Waals surface area contributed by atoms with E-state index in [0.29, 0.717) is 40.2 Å². The molecule has 0 unspecified atom stereocenters. The van der Waals surface area contributed by atoms with Gasteiger partial charge in [0.05, 0.1) is 18.5 Å². The van der Waals surface area contributed by atoms with Crippen LogP contribution in [0.15, 0.2) is 39.8 Å². The van der Waals surface area contributed by atoms with E-state index in [0.717, 1.165) is 6.92 Å². The minimum Gasteiger partial charge on any atom is -0.459 e. The Morgan fingerprint density at radius 3 is 2.73 bits per heavy atom. The van der Waals surface area contributed by atoms with E-state index >= 15 is 0 Å². The van der Waals surface area contributed by atoms with Crippen molar-refractivity contribution in [1.82, 2.24) is 14.5 Å². The summed E-state index contributed by atoms with van der Waals surface area (Å²) in [5.41, 5.74) is 1.45. The van der Waals surface area contributed by atoms with Gasteiger partial charge >= 0.3 is 0 Å². The number of carbonyl (C=O) groups is 1. The Morgan fingerprint density at radius 1 is 1.37 bits per heavy atom. The van der Waals surface area contributed by atoms with Crippen molar-refractivity contribution in [3.63, 3.8) is 0 Å². The van der Waals surface area contributed by atoms with Crippen LogP contribution in [0.4, 0.5) is 14.6 Å². The number of anilines is 1. The highest BCUT2D eigenvalue weighted by atomic mass is 19.3. The molecular formula is C21H24F2N4O3. The number of nitrogens with one attached hydrogen (secondary N) is 1. The summed E-state index contributed by atoms with van der Waals surface area (Å²) in [4.78, 5) is 29.6. The molecule has 0 radical (unpaired) electrons. The molecule has 30 heavy (non-hydrogen) atoms. The van der Waals surface area contributed by atoms with E-state index in [2.05, 4.69) is 10.3 Å². The van der Waals surface area contributed by atoms with Gasteiger partial charge in [0.25, 0.3) is 11.5 Å². The van der Waals surface area contributed by atoms with Crippen LogP contribution in [0.5, 0.6) is 0 Å². The lowest BCUT2D eigenvalue weighted by Crippen LogP contribution is -2.34. The van der Waals surface area contributed by atoms with Crippen molar-refractivity contribution in [2.45, 2.75) is 33.2 Å². The third-order valence-corrected chi connectivity index (χ3v) is 4.60. The van der Waals surface area contributed by atoms with Gasteiger partial charge in [0.1, 0.15) is 17.2 Å². The molecule has 7 nitrogen and oxygen atoms in total. The molecule has 1 N–H and O–H groups in total. The van der Waals surface area contributed by atoms with Crippen molar-refractivity contribution in [2.24, 2.45) is 7.05 Å². The van der Waals surface area contributed by atoms with Gasteiger partial charge in [-0.25, -0.2) is 13.8 Å². The number of pyridine rings is 2. The van der Waals surface area contributed by atoms with Gasteiger partial charge in [0, 0.05) is 38.9 Å². The van der Waals surface area contributed by atoms with E-state index in [1.54, 1.807) is 49.5 Å². The number of alkyl halides is 2. The molecule has 9 heteroatoms. The van der Waals surface area contributed by atoms with Gasteiger partial charge < -0.3 is 14.3 Å². The predicted molar refractivity (Wildman–Crippen MR) is 111 cm³/mol. The van der Waals surface area contributed by atoms with Crippen LogP contribution in [0.2, 0.25) is 0 Å². The van der Waals surface area contributed by atoms with Gasteiger partial charge in [-0.15, -0.1) is 0 Å². The zero-order valence-electron chi connectivity index (χ0n) is 17.3. The molecular weight excluding hydrogens is 394 g/mol. The molecule has 0 aliphatic carbocycles. The highest BCUT2D eigenvalue weighted by Crippen LogP contribution is 2.30. The number of rotatable bonds is 7. The number of amides is 1. The largest absolute Gasteiger partial charge is 0.459 e. The van der Waals surface area contributed by atoms with E-state index in [4.69, 9.17) is 4.42 Å². The van der Waals surface area contributed by atoms with Gasteiger partial charge in [0.15, 0.2) is 0 Å². The summed E-state index contributed by atoms with van der Waals surface area (Å²) in [6, 6.07) is 5.02. The number of hydrogen-bond acceptors (Lipinski definition) is 5. The molecule has 0 atom stereocenters. The number of furan rings is 1. The van der Waals surface area contributed by atoms with Gasteiger partial charge in [-0.05, 0) is 30.3 Å². The summed E-state index contributed by atoms with van der Waals surface area (Å²) >= 11 is 0. The lowest BCUT2D eigenvalue weighted by Gasteiger charge is -2.22. The standard InChI is InChI=1S/C21H24F2N4O3/c1-5-27(12-21(3,22)23)10-15-9-16-19(30-15)17(11-26(4)20(16)29)14-6-7-24-18(8-14)25-13(2)28/h6-9,11H,5,10,12H2,1-4H3,(H,24,25,28). The SMILES string of the molecule is CCN(Cc1cc2c(=O)n(C)cc(-c3ccnc(NC(C)=O)c3)c2o1)CC(C)(F)F. The van der Waals surface area contributed by atoms with Gasteiger partial charge in [-0.2, -0.15) is 0 Å². The molecule has 0 aliphatic rings. The molecule has 3 heterocycles. The van der Waals surface area contributed by atoms with Crippen molar-refractivity contribution in [3.05, 3.63) is 46.7 Å². The molecule has 3 aromatic heterocycles. The first-order valence-corrected chi connectivity index (χ1v) is 9.53. The third kappa shape index (κ3) is 4.91. The molecule has 0 bridgehead atoms. The van der Waals surface area contributed by atoms with Crippen LogP contribution in [0, 0.1) is 0 Å². The van der Waals surface area contributed by atoms with Crippen molar-refractivity contribution in [1.29, 1.82) is 0 Å². The fourth-order valence-electron chi connectivity index (χ4n) is 3.32. The first-order chi connectivity index (χ1) is 14.1. The van der Waals surface area contributed by atoms with Crippen molar-refractivity contribution in [3.8, 4) is 11.1 Å². The molecule has 3 rings (SSSR count). The molecule has 0 aromatic carbocycles. The molecule has 0 saturated carbocycles. The summed E-state index contributed by atoms with van der Waals surface area (Å²) in [7, 11) is 1.63. The molecule has 0 fully saturated rings. The molecule has 0 saturated heterocycles. The fourth-order valence-corrected chi connectivity index (χ4v) is 3.32. The maximum absolute atomic E-state index is 13.4. The van der Waals surface area contributed by atoms with E-state index in [-0.39, 0.29) is 18.0 Å². The predicted octanol–water partition coefficient (Wildman–Crippen LogP) is 3.63. The Kier molecular flexibility index (Phi) is 6.02. The number of fused-ring (bicyclic) bond motifs is 1. The summed E-state index contributed by atoms with van der Waals surface area (Å²) in [5, 5.41) is 2.99. The third-order valence-electron chi connectivity index (χ3n) is 4.60. The van der Waals surface area contributed by atoms with Crippen LogP contribution in [0.3, 0.4) is 0 Å². The highest BCUT2D eigenvalue weighted by molar-refractivity contribution is 5.93. The summed E-state index contributed by atoms with van der Waals surface area (Å²) in [6.45, 7) is 4.21. The average molecular weight is 418 g/mol. The lowest BCUT2D eigenvalue weighted by atomic mass is 10.1. The first kappa shape index (κ1) is 21.6. The monoisotopic (exact) mass is 418 g/mol. The van der Waals surface area contributed by atoms with E-state index in [1.807, 2.05) is 0 Å². The zero-order chi connectivity index (χ0) is 22.1. The van der Waals surface area contributed by atoms with Gasteiger partial charge in [0.2, 0.25) is 5.91 Å². The quantitative estimate of drug-likeness (QED) is 0.634. The highest BCUT2D eigenvalue weighted by Gasteiger charge is 2.25. The second-order valence-electron chi connectivity index (χ2n) is 7.40. The molecule has 160 valence electrons. The van der Waals surface area contributed by atoms with Crippen LogP contribution in [0.25, 0.3) is 22.1 Å². The number of nitrogens with zero attached hydrogens (tertiary/aromatic N) is 3. The van der Waals surface area contributed by atoms with E-state index < -0.39 is 12.5 Å². The van der Waals surface area contributed by atoms with Crippen LogP contribution < -0.4 is 10.9 Å². The van der Waals surface area contributed by atoms with Crippen molar-refractivity contribution in [2.75, 3.05) is 18.4 Å². The van der Waals surface area contributed by atoms with Gasteiger partial charge in [-0.3, -0.25) is 14.5 Å². The number of hydrogen-bond donors (Lipinski definition) is 1. The number of carbonyl (C=O) groups excluding carboxylic acids is 1. The normalized spacial score (nSPS) is 12.0. The first-order valence-electron chi connectivity index (χ1n) is 9.53. The zero-order valence-corrected chi connectivity index (χ0v) is 17.3. The smallest absolute Gasteiger partial charge is 0.261 e. The Labute approximate surface area is 172 Å². The van der Waals surface area contributed by atoms with E-state index in [1.165, 1.54) is 11.5 Å². The summed E-state index contributed by atoms with van der Waals surface area (Å²) in [6.07, 6.45) is 3.19. The maximum Gasteiger partial charge on any atom is 0.261 e. The molecule has 1 amide bonds. The van der Waals surface area contributed by atoms with Crippen LogP contribution >= 0.6 is 0 Å². The Balaban J connectivity index is 2.06. The van der Waals surface area contributed by atoms with Crippen LogP contribution in [-0.2, 0) is 18.4 Å². The van der Waals surface area contributed by atoms with Crippen molar-refractivity contribution >= 4 is 22.7 Å². The summed E-state index contributed by atoms with van der Waals surface area (Å²) in [5.74, 6) is -2.29. The van der Waals surface area contributed by atoms with Crippen LogP contribution in [-0.4, -0.2) is 39.4 Å². The fraction of sp³-hybridized carbons (Fsp3) is 0.381. The molecule has 0 spiro atoms. The minimum absolute atomic E-state index is 0.157. The Morgan fingerprint density at radius 2 is 2.10 bits per heavy atom. The lowest BCUT2D eigenvalue weighted by molar-refractivity contribution is -0.114. The summed E-state index contributed by atoms with van der Waals surface area (Å²) < 4.78 is 34.3. The molecule has 3 aromatic rings. The van der Waals surface area contributed by atoms with Crippen molar-refractivity contribution < 1.29 is 18.0 Å². The number of aryl methyl sites for hydroxylation is 1. The molecule has 0 aliphatic heterocycles. The Bertz CT molecular complexity index is 1130. The number of aromatic nitrogens is 2. The van der Waals surface area contributed by atoms with E-state index in [9.17, 15) is 18.4 Å². The Hall–Kier alpha value is -3.07. The topological polar surface area (TPSA) is 80.4 Å². The second kappa shape index (κ2) is 8.35. The van der Waals surface area contributed by atoms with Gasteiger partial charge in [-0.1, -0.05) is 6.92 Å². The van der Waals surface area contributed by atoms with Crippen LogP contribution in [0.1, 0.15) is 26.5 Å².